The van der Waals surface area contributed by atoms with Gasteiger partial charge in [0.15, 0.2) is 0 Å². The van der Waals surface area contributed by atoms with Gasteiger partial charge in [0.2, 0.25) is 0 Å². The third kappa shape index (κ3) is 4.18. The summed E-state index contributed by atoms with van der Waals surface area (Å²) < 4.78 is 36.4. The molecule has 0 bridgehead atoms. The van der Waals surface area contributed by atoms with Gasteiger partial charge in [-0.15, -0.1) is 0 Å². The molecule has 9 heteroatoms. The van der Waals surface area contributed by atoms with Gasteiger partial charge in [-0.3, -0.25) is 4.79 Å². The lowest BCUT2D eigenvalue weighted by molar-refractivity contribution is -0.137. The fourth-order valence-corrected chi connectivity index (χ4v) is 3.08. The zero-order valence-electron chi connectivity index (χ0n) is 10.2. The van der Waals surface area contributed by atoms with Crippen molar-refractivity contribution in [2.45, 2.75) is 0 Å². The summed E-state index contributed by atoms with van der Waals surface area (Å²) in [7, 11) is -2.33. The van der Waals surface area contributed by atoms with E-state index >= 15 is 0 Å². The zero-order chi connectivity index (χ0) is 13.6. The van der Waals surface area contributed by atoms with E-state index in [2.05, 4.69) is 0 Å². The van der Waals surface area contributed by atoms with E-state index in [1.807, 2.05) is 0 Å². The lowest BCUT2D eigenvalue weighted by Crippen LogP contribution is -2.50. The lowest BCUT2D eigenvalue weighted by Gasteiger charge is -2.31. The largest absolute Gasteiger partial charge is 0.480 e. The van der Waals surface area contributed by atoms with Crippen molar-refractivity contribution in [1.29, 1.82) is 0 Å². The summed E-state index contributed by atoms with van der Waals surface area (Å²) in [5.74, 6) is -1.19. The Morgan fingerprint density at radius 3 is 2.56 bits per heavy atom. The van der Waals surface area contributed by atoms with Crippen molar-refractivity contribution in [2.75, 3.05) is 53.1 Å². The topological polar surface area (TPSA) is 96.4 Å². The molecule has 1 aliphatic heterocycles. The third-order valence-corrected chi connectivity index (χ3v) is 4.46. The first-order chi connectivity index (χ1) is 8.48. The predicted octanol–water partition coefficient (Wildman–Crippen LogP) is -1.40. The molecule has 0 atom stereocenters. The summed E-state index contributed by atoms with van der Waals surface area (Å²) in [6.07, 6.45) is 0. The molecule has 1 fully saturated rings. The van der Waals surface area contributed by atoms with Crippen LogP contribution in [0.5, 0.6) is 0 Å². The molecule has 1 saturated heterocycles. The second-order valence-corrected chi connectivity index (χ2v) is 5.67. The molecule has 0 unspecified atom stereocenters. The van der Waals surface area contributed by atoms with E-state index in [0.29, 0.717) is 13.2 Å². The first kappa shape index (κ1) is 15.3. The van der Waals surface area contributed by atoms with Crippen LogP contribution in [0.25, 0.3) is 0 Å². The van der Waals surface area contributed by atoms with Crippen LogP contribution >= 0.6 is 0 Å². The number of ether oxygens (including phenoxy) is 2. The average Bonchev–Trinajstić information content (AvgIpc) is 2.35. The number of carboxylic acid groups (broad SMARTS) is 1. The Balaban J connectivity index is 2.76. The molecule has 1 aliphatic rings. The van der Waals surface area contributed by atoms with Gasteiger partial charge in [0.25, 0.3) is 10.2 Å². The summed E-state index contributed by atoms with van der Waals surface area (Å²) in [6.45, 7) is 0.730. The van der Waals surface area contributed by atoms with Gasteiger partial charge in [-0.1, -0.05) is 0 Å². The van der Waals surface area contributed by atoms with Crippen LogP contribution in [0.1, 0.15) is 0 Å². The summed E-state index contributed by atoms with van der Waals surface area (Å²) in [5, 5.41) is 8.75. The highest BCUT2D eigenvalue weighted by Gasteiger charge is 2.31. The number of nitrogens with zero attached hydrogens (tertiary/aromatic N) is 2. The highest BCUT2D eigenvalue weighted by atomic mass is 32.2. The van der Waals surface area contributed by atoms with Gasteiger partial charge in [0.1, 0.15) is 6.54 Å². The molecule has 0 aromatic carbocycles. The molecule has 106 valence electrons. The van der Waals surface area contributed by atoms with Gasteiger partial charge >= 0.3 is 5.97 Å². The molecule has 8 nitrogen and oxygen atoms in total. The van der Waals surface area contributed by atoms with E-state index in [1.165, 1.54) is 11.4 Å². The maximum atomic E-state index is 12.2. The summed E-state index contributed by atoms with van der Waals surface area (Å²) in [6, 6.07) is 0. The smallest absolute Gasteiger partial charge is 0.318 e. The van der Waals surface area contributed by atoms with E-state index in [1.54, 1.807) is 0 Å². The van der Waals surface area contributed by atoms with Crippen molar-refractivity contribution in [1.82, 2.24) is 8.61 Å². The van der Waals surface area contributed by atoms with E-state index in [0.717, 1.165) is 4.31 Å². The predicted molar refractivity (Wildman–Crippen MR) is 62.4 cm³/mol. The van der Waals surface area contributed by atoms with Crippen LogP contribution in [0.3, 0.4) is 0 Å². The van der Waals surface area contributed by atoms with E-state index < -0.39 is 22.7 Å². The minimum atomic E-state index is -3.77. The molecule has 18 heavy (non-hydrogen) atoms. The second kappa shape index (κ2) is 7.00. The Kier molecular flexibility index (Phi) is 5.96. The third-order valence-electron chi connectivity index (χ3n) is 2.48. The number of carbonyl (C=O) groups is 1. The van der Waals surface area contributed by atoms with Gasteiger partial charge in [-0.05, 0) is 0 Å². The standard InChI is InChI=1S/C9H18N2O6S/c1-16-5-2-11(8-9(12)13)18(14,15)10-3-6-17-7-4-10/h2-8H2,1H3,(H,12,13). The van der Waals surface area contributed by atoms with Crippen molar-refractivity contribution >= 4 is 16.2 Å². The fraction of sp³-hybridized carbons (Fsp3) is 0.889. The quantitative estimate of drug-likeness (QED) is 0.616. The maximum absolute atomic E-state index is 12.2. The Hall–Kier alpha value is -0.740. The Morgan fingerprint density at radius 1 is 1.44 bits per heavy atom. The van der Waals surface area contributed by atoms with Crippen molar-refractivity contribution in [3.05, 3.63) is 0 Å². The molecule has 0 aromatic heterocycles. The van der Waals surface area contributed by atoms with E-state index in [4.69, 9.17) is 14.6 Å². The Morgan fingerprint density at radius 2 is 2.06 bits per heavy atom. The fourth-order valence-electron chi connectivity index (χ4n) is 1.56. The lowest BCUT2D eigenvalue weighted by atomic mass is 10.5. The summed E-state index contributed by atoms with van der Waals surface area (Å²) >= 11 is 0. The van der Waals surface area contributed by atoms with Crippen molar-refractivity contribution in [3.8, 4) is 0 Å². The second-order valence-electron chi connectivity index (χ2n) is 3.74. The number of rotatable bonds is 7. The first-order valence-electron chi connectivity index (χ1n) is 5.52. The molecule has 0 saturated carbocycles. The Labute approximate surface area is 106 Å². The number of hydrogen-bond donors (Lipinski definition) is 1. The molecule has 0 spiro atoms. The molecule has 1 N–H and O–H groups in total. The summed E-state index contributed by atoms with van der Waals surface area (Å²) in [4.78, 5) is 10.7. The molecule has 0 radical (unpaired) electrons. The normalized spacial score (nSPS) is 18.1. The summed E-state index contributed by atoms with van der Waals surface area (Å²) in [5.41, 5.74) is 0. The van der Waals surface area contributed by atoms with Gasteiger partial charge in [-0.2, -0.15) is 17.0 Å². The van der Waals surface area contributed by atoms with Crippen LogP contribution in [0.15, 0.2) is 0 Å². The average molecular weight is 282 g/mol. The van der Waals surface area contributed by atoms with Crippen LogP contribution in [-0.4, -0.2) is 81.2 Å². The van der Waals surface area contributed by atoms with Gasteiger partial charge in [0.05, 0.1) is 19.8 Å². The highest BCUT2D eigenvalue weighted by Crippen LogP contribution is 2.10. The van der Waals surface area contributed by atoms with Gasteiger partial charge < -0.3 is 14.6 Å². The molecule has 0 aliphatic carbocycles. The number of methoxy groups -OCH3 is 1. The minimum Gasteiger partial charge on any atom is -0.480 e. The first-order valence-corrected chi connectivity index (χ1v) is 6.92. The molecule has 0 amide bonds. The Bertz CT molecular complexity index is 365. The van der Waals surface area contributed by atoms with Crippen molar-refractivity contribution in [3.63, 3.8) is 0 Å². The van der Waals surface area contributed by atoms with Crippen LogP contribution in [0, 0.1) is 0 Å². The molecule has 0 aromatic rings. The van der Waals surface area contributed by atoms with E-state index in [9.17, 15) is 13.2 Å². The zero-order valence-corrected chi connectivity index (χ0v) is 11.1. The van der Waals surface area contributed by atoms with Crippen molar-refractivity contribution < 1.29 is 27.8 Å². The minimum absolute atomic E-state index is 0.0164. The molecule has 1 heterocycles. The van der Waals surface area contributed by atoms with E-state index in [-0.39, 0.29) is 26.2 Å². The monoisotopic (exact) mass is 282 g/mol. The van der Waals surface area contributed by atoms with Crippen LogP contribution in [0.4, 0.5) is 0 Å². The number of hydrogen-bond acceptors (Lipinski definition) is 5. The molecular weight excluding hydrogens is 264 g/mol. The van der Waals surface area contributed by atoms with Gasteiger partial charge in [0, 0.05) is 26.7 Å². The molecular formula is C9H18N2O6S. The maximum Gasteiger partial charge on any atom is 0.318 e. The van der Waals surface area contributed by atoms with Crippen molar-refractivity contribution in [2.24, 2.45) is 0 Å². The highest BCUT2D eigenvalue weighted by molar-refractivity contribution is 7.86. The SMILES string of the molecule is COCCN(CC(=O)O)S(=O)(=O)N1CCOCC1. The van der Waals surface area contributed by atoms with Crippen LogP contribution < -0.4 is 0 Å². The number of carboxylic acids is 1. The van der Waals surface area contributed by atoms with Crippen LogP contribution in [-0.2, 0) is 24.5 Å². The molecule has 1 rings (SSSR count). The number of aliphatic carboxylic acids is 1. The van der Waals surface area contributed by atoms with Crippen LogP contribution in [0.2, 0.25) is 0 Å². The van der Waals surface area contributed by atoms with Gasteiger partial charge in [-0.25, -0.2) is 0 Å². The number of morpholine rings is 1.